The minimum absolute atomic E-state index is 0.111. The number of carbonyl (C=O) groups excluding carboxylic acids is 3. The van der Waals surface area contributed by atoms with E-state index in [1.165, 1.54) is 4.90 Å². The second-order valence-corrected chi connectivity index (χ2v) is 9.32. The van der Waals surface area contributed by atoms with Crippen LogP contribution < -0.4 is 10.2 Å². The number of morpholine rings is 1. The van der Waals surface area contributed by atoms with E-state index >= 15 is 0 Å². The van der Waals surface area contributed by atoms with Crippen molar-refractivity contribution in [2.24, 2.45) is 0 Å². The third kappa shape index (κ3) is 5.56. The number of carbonyl (C=O) groups is 3. The molecule has 0 radical (unpaired) electrons. The van der Waals surface area contributed by atoms with Crippen LogP contribution in [0, 0.1) is 0 Å². The van der Waals surface area contributed by atoms with E-state index in [0.29, 0.717) is 30.0 Å². The summed E-state index contributed by atoms with van der Waals surface area (Å²) in [5.74, 6) is -0.160. The second-order valence-electron chi connectivity index (χ2n) is 9.32. The Morgan fingerprint density at radius 1 is 1.06 bits per heavy atom. The molecule has 4 rings (SSSR count). The van der Waals surface area contributed by atoms with Gasteiger partial charge in [-0.2, -0.15) is 4.68 Å². The molecule has 0 saturated carbocycles. The number of rotatable bonds is 4. The molecule has 3 heterocycles. The standard InChI is InChI=1S/C24H31N5O6/c1-5-34-23(32)29-19-15-28(22(31)35-24(2,3)4)14-18(19)20(26-29)25-21(30)16-6-8-17(9-7-16)27-10-12-33-13-11-27/h6-9H,5,10-15H2,1-4H3,(H,25,26,30). The van der Waals surface area contributed by atoms with Gasteiger partial charge in [-0.15, -0.1) is 5.10 Å². The van der Waals surface area contributed by atoms with Gasteiger partial charge in [0, 0.05) is 29.9 Å². The molecule has 2 amide bonds. The van der Waals surface area contributed by atoms with Crippen LogP contribution in [-0.4, -0.2) is 71.3 Å². The highest BCUT2D eigenvalue weighted by molar-refractivity contribution is 6.04. The Morgan fingerprint density at radius 2 is 1.74 bits per heavy atom. The van der Waals surface area contributed by atoms with Gasteiger partial charge in [0.05, 0.1) is 38.6 Å². The molecule has 1 aromatic heterocycles. The lowest BCUT2D eigenvalue weighted by Gasteiger charge is -2.28. The summed E-state index contributed by atoms with van der Waals surface area (Å²) >= 11 is 0. The van der Waals surface area contributed by atoms with Crippen molar-refractivity contribution in [3.05, 3.63) is 41.1 Å². The van der Waals surface area contributed by atoms with Crippen molar-refractivity contribution in [2.45, 2.75) is 46.4 Å². The van der Waals surface area contributed by atoms with E-state index in [0.717, 1.165) is 23.5 Å². The van der Waals surface area contributed by atoms with E-state index in [2.05, 4.69) is 15.3 Å². The highest BCUT2D eigenvalue weighted by Gasteiger charge is 2.35. The zero-order chi connectivity index (χ0) is 25.2. The molecule has 1 saturated heterocycles. The maximum absolute atomic E-state index is 13.0. The first-order valence-corrected chi connectivity index (χ1v) is 11.7. The predicted octanol–water partition coefficient (Wildman–Crippen LogP) is 3.23. The first-order valence-electron chi connectivity index (χ1n) is 11.7. The van der Waals surface area contributed by atoms with Crippen LogP contribution in [0.15, 0.2) is 24.3 Å². The first kappa shape index (κ1) is 24.5. The summed E-state index contributed by atoms with van der Waals surface area (Å²) in [7, 11) is 0. The van der Waals surface area contributed by atoms with Crippen LogP contribution in [0.25, 0.3) is 0 Å². The molecular weight excluding hydrogens is 454 g/mol. The number of amides is 2. The van der Waals surface area contributed by atoms with E-state index in [-0.39, 0.29) is 31.4 Å². The fraction of sp³-hybridized carbons (Fsp3) is 0.500. The Morgan fingerprint density at radius 3 is 2.37 bits per heavy atom. The molecule has 1 N–H and O–H groups in total. The van der Waals surface area contributed by atoms with E-state index in [9.17, 15) is 14.4 Å². The highest BCUT2D eigenvalue weighted by Crippen LogP contribution is 2.31. The number of anilines is 2. The molecule has 0 bridgehead atoms. The number of benzene rings is 1. The van der Waals surface area contributed by atoms with Crippen LogP contribution in [0.3, 0.4) is 0 Å². The number of fused-ring (bicyclic) bond motifs is 1. The van der Waals surface area contributed by atoms with Crippen molar-refractivity contribution in [1.82, 2.24) is 14.7 Å². The summed E-state index contributed by atoms with van der Waals surface area (Å²) in [5, 5.41) is 7.08. The molecule has 1 aromatic carbocycles. The normalized spacial score (nSPS) is 15.5. The topological polar surface area (TPSA) is 115 Å². The van der Waals surface area contributed by atoms with Gasteiger partial charge in [0.2, 0.25) is 0 Å². The third-order valence-corrected chi connectivity index (χ3v) is 5.61. The monoisotopic (exact) mass is 485 g/mol. The van der Waals surface area contributed by atoms with Gasteiger partial charge < -0.3 is 24.4 Å². The average Bonchev–Trinajstić information content (AvgIpc) is 3.39. The molecule has 0 atom stereocenters. The Bertz CT molecular complexity index is 1100. The lowest BCUT2D eigenvalue weighted by Crippen LogP contribution is -2.36. The van der Waals surface area contributed by atoms with Gasteiger partial charge in [-0.3, -0.25) is 9.69 Å². The van der Waals surface area contributed by atoms with E-state index < -0.39 is 17.8 Å². The number of hydrogen-bond donors (Lipinski definition) is 1. The van der Waals surface area contributed by atoms with Crippen molar-refractivity contribution in [3.63, 3.8) is 0 Å². The molecule has 2 aliphatic rings. The zero-order valence-electron chi connectivity index (χ0n) is 20.5. The summed E-state index contributed by atoms with van der Waals surface area (Å²) in [5.41, 5.74) is 1.85. The number of ether oxygens (including phenoxy) is 3. The van der Waals surface area contributed by atoms with Crippen molar-refractivity contribution in [3.8, 4) is 0 Å². The van der Waals surface area contributed by atoms with Crippen LogP contribution in [0.1, 0.15) is 49.3 Å². The highest BCUT2D eigenvalue weighted by atomic mass is 16.6. The van der Waals surface area contributed by atoms with Crippen LogP contribution in [-0.2, 0) is 27.3 Å². The fourth-order valence-corrected chi connectivity index (χ4v) is 3.96. The van der Waals surface area contributed by atoms with Crippen molar-refractivity contribution in [2.75, 3.05) is 43.1 Å². The quantitative estimate of drug-likeness (QED) is 0.702. The minimum atomic E-state index is -0.676. The number of nitrogens with one attached hydrogen (secondary N) is 1. The molecule has 0 aliphatic carbocycles. The largest absolute Gasteiger partial charge is 0.448 e. The Hall–Kier alpha value is -3.60. The molecule has 11 heteroatoms. The molecule has 11 nitrogen and oxygen atoms in total. The van der Waals surface area contributed by atoms with E-state index in [4.69, 9.17) is 14.2 Å². The minimum Gasteiger partial charge on any atom is -0.448 e. The molecule has 2 aliphatic heterocycles. The summed E-state index contributed by atoms with van der Waals surface area (Å²) in [6, 6.07) is 7.28. The van der Waals surface area contributed by atoms with Crippen molar-refractivity contribution in [1.29, 1.82) is 0 Å². The van der Waals surface area contributed by atoms with Gasteiger partial charge >= 0.3 is 12.2 Å². The first-order chi connectivity index (χ1) is 16.7. The van der Waals surface area contributed by atoms with Crippen LogP contribution >= 0.6 is 0 Å². The van der Waals surface area contributed by atoms with E-state index in [1.54, 1.807) is 39.8 Å². The second kappa shape index (κ2) is 9.95. The van der Waals surface area contributed by atoms with Gasteiger partial charge in [-0.1, -0.05) is 0 Å². The lowest BCUT2D eigenvalue weighted by atomic mass is 10.1. The maximum atomic E-state index is 13.0. The summed E-state index contributed by atoms with van der Waals surface area (Å²) in [6.45, 7) is 10.4. The zero-order valence-corrected chi connectivity index (χ0v) is 20.5. The number of aromatic nitrogens is 2. The SMILES string of the molecule is CCOC(=O)n1nc(NC(=O)c2ccc(N3CCOCC3)cc2)c2c1CN(C(=O)OC(C)(C)C)C2. The smallest absolute Gasteiger partial charge is 0.435 e. The van der Waals surface area contributed by atoms with Crippen molar-refractivity contribution >= 4 is 29.6 Å². The Labute approximate surface area is 203 Å². The molecular formula is C24H31N5O6. The Kier molecular flexibility index (Phi) is 6.97. The van der Waals surface area contributed by atoms with Crippen molar-refractivity contribution < 1.29 is 28.6 Å². The average molecular weight is 486 g/mol. The lowest BCUT2D eigenvalue weighted by molar-refractivity contribution is 0.0238. The van der Waals surface area contributed by atoms with Gasteiger partial charge in [0.1, 0.15) is 5.60 Å². The van der Waals surface area contributed by atoms with Crippen LogP contribution in [0.5, 0.6) is 0 Å². The third-order valence-electron chi connectivity index (χ3n) is 5.61. The number of hydrogen-bond acceptors (Lipinski definition) is 8. The van der Waals surface area contributed by atoms with Gasteiger partial charge in [-0.25, -0.2) is 9.59 Å². The maximum Gasteiger partial charge on any atom is 0.435 e. The van der Waals surface area contributed by atoms with Crippen LogP contribution in [0.2, 0.25) is 0 Å². The molecule has 2 aromatic rings. The van der Waals surface area contributed by atoms with Gasteiger partial charge in [0.15, 0.2) is 5.82 Å². The summed E-state index contributed by atoms with van der Waals surface area (Å²) < 4.78 is 17.1. The molecule has 1 fully saturated rings. The fourth-order valence-electron chi connectivity index (χ4n) is 3.96. The molecule has 0 unspecified atom stereocenters. The predicted molar refractivity (Wildman–Crippen MR) is 128 cm³/mol. The van der Waals surface area contributed by atoms with Crippen LogP contribution in [0.4, 0.5) is 21.1 Å². The molecule has 0 spiro atoms. The molecule has 188 valence electrons. The summed E-state index contributed by atoms with van der Waals surface area (Å²) in [6.07, 6.45) is -1.19. The number of nitrogens with zero attached hydrogens (tertiary/aromatic N) is 4. The van der Waals surface area contributed by atoms with Gasteiger partial charge in [-0.05, 0) is 52.0 Å². The molecule has 35 heavy (non-hydrogen) atoms. The Balaban J connectivity index is 1.53. The summed E-state index contributed by atoms with van der Waals surface area (Å²) in [4.78, 5) is 41.7. The van der Waals surface area contributed by atoms with E-state index in [1.807, 2.05) is 12.1 Å². The van der Waals surface area contributed by atoms with Gasteiger partial charge in [0.25, 0.3) is 5.91 Å².